The second-order valence-electron chi connectivity index (χ2n) is 3.79. The zero-order chi connectivity index (χ0) is 14.0. The van der Waals surface area contributed by atoms with Crippen LogP contribution in [0.25, 0.3) is 11.4 Å². The Kier molecular flexibility index (Phi) is 3.54. The van der Waals surface area contributed by atoms with Crippen molar-refractivity contribution in [2.24, 2.45) is 0 Å². The lowest BCUT2D eigenvalue weighted by Crippen LogP contribution is -2.30. The highest BCUT2D eigenvalue weighted by Gasteiger charge is 2.30. The summed E-state index contributed by atoms with van der Waals surface area (Å²) in [6.07, 6.45) is -2.14. The van der Waals surface area contributed by atoms with E-state index in [4.69, 9.17) is 10.0 Å². The lowest BCUT2D eigenvalue weighted by Gasteiger charge is -2.08. The summed E-state index contributed by atoms with van der Waals surface area (Å²) < 4.78 is 37.6. The number of alkyl halides is 3. The Labute approximate surface area is 106 Å². The summed E-state index contributed by atoms with van der Waals surface area (Å²) in [5.74, 6) is 0.0792. The van der Waals surface area contributed by atoms with E-state index in [-0.39, 0.29) is 16.9 Å². The third kappa shape index (κ3) is 3.10. The van der Waals surface area contributed by atoms with Crippen LogP contribution < -0.4 is 5.46 Å². The predicted molar refractivity (Wildman–Crippen MR) is 62.3 cm³/mol. The molecule has 0 amide bonds. The van der Waals surface area contributed by atoms with Gasteiger partial charge < -0.3 is 10.0 Å². The van der Waals surface area contributed by atoms with Crippen molar-refractivity contribution in [1.29, 1.82) is 0 Å². The van der Waals surface area contributed by atoms with Crippen molar-refractivity contribution in [1.82, 2.24) is 9.97 Å². The minimum Gasteiger partial charge on any atom is -0.423 e. The lowest BCUT2D eigenvalue weighted by molar-refractivity contribution is -0.137. The van der Waals surface area contributed by atoms with Crippen LogP contribution in [0, 0.1) is 0 Å². The van der Waals surface area contributed by atoms with E-state index in [1.54, 1.807) is 0 Å². The summed E-state index contributed by atoms with van der Waals surface area (Å²) in [5.41, 5.74) is -0.524. The summed E-state index contributed by atoms with van der Waals surface area (Å²) >= 11 is 0. The number of hydrogen-bond acceptors (Lipinski definition) is 4. The minimum absolute atomic E-state index is 0.0655. The third-order valence-electron chi connectivity index (χ3n) is 2.42. The van der Waals surface area contributed by atoms with Gasteiger partial charge in [0, 0.05) is 23.4 Å². The van der Waals surface area contributed by atoms with E-state index in [2.05, 4.69) is 9.97 Å². The summed E-state index contributed by atoms with van der Waals surface area (Å²) in [6, 6.07) is 4.59. The van der Waals surface area contributed by atoms with Crippen LogP contribution in [0.5, 0.6) is 0 Å². The first-order chi connectivity index (χ1) is 8.88. The average molecular weight is 268 g/mol. The van der Waals surface area contributed by atoms with Gasteiger partial charge in [-0.2, -0.15) is 13.2 Å². The van der Waals surface area contributed by atoms with E-state index in [1.165, 1.54) is 12.1 Å². The molecule has 0 radical (unpaired) electrons. The molecule has 0 aliphatic heterocycles. The van der Waals surface area contributed by atoms with Gasteiger partial charge in [0.1, 0.15) is 0 Å². The standard InChI is InChI=1S/C11H8BF3N2O2/c13-11(14,15)8-3-1-2-7(4-8)10-16-5-9(6-17-10)12(18)19/h1-6,18-19H. The molecule has 0 spiro atoms. The molecule has 2 rings (SSSR count). The van der Waals surface area contributed by atoms with Crippen molar-refractivity contribution in [2.45, 2.75) is 6.18 Å². The van der Waals surface area contributed by atoms with Gasteiger partial charge in [-0.3, -0.25) is 0 Å². The van der Waals surface area contributed by atoms with Crippen LogP contribution in [0.2, 0.25) is 0 Å². The van der Waals surface area contributed by atoms with Gasteiger partial charge in [-0.1, -0.05) is 12.1 Å². The Morgan fingerprint density at radius 1 is 1.05 bits per heavy atom. The molecule has 1 aromatic carbocycles. The number of aromatic nitrogens is 2. The molecule has 0 saturated carbocycles. The molecular weight excluding hydrogens is 260 g/mol. The van der Waals surface area contributed by atoms with Crippen molar-refractivity contribution in [3.05, 3.63) is 42.2 Å². The summed E-state index contributed by atoms with van der Waals surface area (Å²) in [7, 11) is -1.71. The Morgan fingerprint density at radius 2 is 1.68 bits per heavy atom. The molecule has 0 saturated heterocycles. The highest BCUT2D eigenvalue weighted by molar-refractivity contribution is 6.58. The minimum atomic E-state index is -4.43. The number of benzene rings is 1. The topological polar surface area (TPSA) is 66.2 Å². The average Bonchev–Trinajstić information content (AvgIpc) is 2.38. The SMILES string of the molecule is OB(O)c1cnc(-c2cccc(C(F)(F)F)c2)nc1. The summed E-state index contributed by atoms with van der Waals surface area (Å²) in [5, 5.41) is 17.7. The van der Waals surface area contributed by atoms with Gasteiger partial charge in [0.15, 0.2) is 5.82 Å². The molecule has 1 aromatic heterocycles. The van der Waals surface area contributed by atoms with E-state index < -0.39 is 18.9 Å². The van der Waals surface area contributed by atoms with Crippen LogP contribution >= 0.6 is 0 Å². The maximum absolute atomic E-state index is 12.5. The summed E-state index contributed by atoms with van der Waals surface area (Å²) in [6.45, 7) is 0. The highest BCUT2D eigenvalue weighted by atomic mass is 19.4. The molecule has 0 bridgehead atoms. The fourth-order valence-electron chi connectivity index (χ4n) is 1.46. The van der Waals surface area contributed by atoms with Crippen LogP contribution in [-0.4, -0.2) is 27.1 Å². The predicted octanol–water partition coefficient (Wildman–Crippen LogP) is 0.842. The second-order valence-corrected chi connectivity index (χ2v) is 3.79. The van der Waals surface area contributed by atoms with Crippen molar-refractivity contribution in [3.63, 3.8) is 0 Å². The molecular formula is C11H8BF3N2O2. The Bertz CT molecular complexity index is 573. The molecule has 4 nitrogen and oxygen atoms in total. The normalized spacial score (nSPS) is 11.4. The van der Waals surface area contributed by atoms with Gasteiger partial charge in [0.05, 0.1) is 5.56 Å². The van der Waals surface area contributed by atoms with Crippen molar-refractivity contribution in [3.8, 4) is 11.4 Å². The molecule has 98 valence electrons. The van der Waals surface area contributed by atoms with Gasteiger partial charge in [-0.05, 0) is 12.1 Å². The fraction of sp³-hybridized carbons (Fsp3) is 0.0909. The van der Waals surface area contributed by atoms with Gasteiger partial charge >= 0.3 is 13.3 Å². The van der Waals surface area contributed by atoms with Gasteiger partial charge in [0.25, 0.3) is 0 Å². The first kappa shape index (κ1) is 13.5. The van der Waals surface area contributed by atoms with Gasteiger partial charge in [-0.15, -0.1) is 0 Å². The molecule has 0 aliphatic carbocycles. The molecule has 19 heavy (non-hydrogen) atoms. The quantitative estimate of drug-likeness (QED) is 0.792. The van der Waals surface area contributed by atoms with Gasteiger partial charge in [0.2, 0.25) is 0 Å². The molecule has 0 aliphatic rings. The Balaban J connectivity index is 2.37. The number of hydrogen-bond donors (Lipinski definition) is 2. The van der Waals surface area contributed by atoms with Crippen molar-refractivity contribution < 1.29 is 23.2 Å². The van der Waals surface area contributed by atoms with Crippen LogP contribution in [0.3, 0.4) is 0 Å². The van der Waals surface area contributed by atoms with Crippen LogP contribution in [0.1, 0.15) is 5.56 Å². The third-order valence-corrected chi connectivity index (χ3v) is 2.42. The molecule has 8 heteroatoms. The maximum atomic E-state index is 12.5. The Hall–Kier alpha value is -1.93. The van der Waals surface area contributed by atoms with Crippen LogP contribution in [0.15, 0.2) is 36.7 Å². The van der Waals surface area contributed by atoms with Gasteiger partial charge in [-0.25, -0.2) is 9.97 Å². The largest absolute Gasteiger partial charge is 0.491 e. The second kappa shape index (κ2) is 4.98. The Morgan fingerprint density at radius 3 is 2.21 bits per heavy atom. The maximum Gasteiger partial charge on any atom is 0.491 e. The first-order valence-corrected chi connectivity index (χ1v) is 5.23. The van der Waals surface area contributed by atoms with E-state index in [0.717, 1.165) is 24.5 Å². The lowest BCUT2D eigenvalue weighted by atomic mass is 9.83. The molecule has 0 unspecified atom stereocenters. The van der Waals surface area contributed by atoms with E-state index >= 15 is 0 Å². The van der Waals surface area contributed by atoms with E-state index in [0.29, 0.717) is 0 Å². The fourth-order valence-corrected chi connectivity index (χ4v) is 1.46. The summed E-state index contributed by atoms with van der Waals surface area (Å²) in [4.78, 5) is 7.59. The van der Waals surface area contributed by atoms with E-state index in [9.17, 15) is 13.2 Å². The highest BCUT2D eigenvalue weighted by Crippen LogP contribution is 2.31. The van der Waals surface area contributed by atoms with Crippen LogP contribution in [-0.2, 0) is 6.18 Å². The number of rotatable bonds is 2. The monoisotopic (exact) mass is 268 g/mol. The molecule has 0 atom stereocenters. The molecule has 0 fully saturated rings. The zero-order valence-electron chi connectivity index (χ0n) is 9.46. The molecule has 2 N–H and O–H groups in total. The molecule has 1 heterocycles. The molecule has 2 aromatic rings. The van der Waals surface area contributed by atoms with Crippen LogP contribution in [0.4, 0.5) is 13.2 Å². The van der Waals surface area contributed by atoms with Crippen molar-refractivity contribution in [2.75, 3.05) is 0 Å². The number of halogens is 3. The van der Waals surface area contributed by atoms with Crippen molar-refractivity contribution >= 4 is 12.6 Å². The zero-order valence-corrected chi connectivity index (χ0v) is 9.46. The number of nitrogens with zero attached hydrogens (tertiary/aromatic N) is 2. The first-order valence-electron chi connectivity index (χ1n) is 5.23. The smallest absolute Gasteiger partial charge is 0.423 e. The van der Waals surface area contributed by atoms with E-state index in [1.807, 2.05) is 0 Å².